The first kappa shape index (κ1) is 10.6. The molecule has 0 spiro atoms. The fourth-order valence-electron chi connectivity index (χ4n) is 1.30. The Morgan fingerprint density at radius 2 is 2.07 bits per heavy atom. The van der Waals surface area contributed by atoms with E-state index in [0.29, 0.717) is 6.42 Å². The van der Waals surface area contributed by atoms with E-state index in [4.69, 9.17) is 0 Å². The van der Waals surface area contributed by atoms with Crippen LogP contribution in [0.1, 0.15) is 12.5 Å². The summed E-state index contributed by atoms with van der Waals surface area (Å²) in [6.45, 7) is 2.90. The smallest absolute Gasteiger partial charge is 0.224 e. The molecular formula is C11H16N2O. The first-order valence-electron chi connectivity index (χ1n) is 4.80. The van der Waals surface area contributed by atoms with Crippen LogP contribution in [0.4, 0.5) is 5.69 Å². The number of hydrogen-bond donors (Lipinski definition) is 2. The third-order valence-corrected chi connectivity index (χ3v) is 2.01. The van der Waals surface area contributed by atoms with Crippen LogP contribution < -0.4 is 10.6 Å². The highest BCUT2D eigenvalue weighted by atomic mass is 16.1. The molecule has 0 aromatic heterocycles. The van der Waals surface area contributed by atoms with Crippen LogP contribution in [0.15, 0.2) is 24.3 Å². The summed E-state index contributed by atoms with van der Waals surface area (Å²) in [5.41, 5.74) is 2.08. The van der Waals surface area contributed by atoms with E-state index >= 15 is 0 Å². The Morgan fingerprint density at radius 3 is 2.71 bits per heavy atom. The third kappa shape index (κ3) is 2.76. The quantitative estimate of drug-likeness (QED) is 0.757. The molecule has 14 heavy (non-hydrogen) atoms. The van der Waals surface area contributed by atoms with Gasteiger partial charge in [-0.25, -0.2) is 0 Å². The lowest BCUT2D eigenvalue weighted by atomic mass is 10.1. The SMILES string of the molecule is CCNc1ccccc1CC(=O)NC. The minimum atomic E-state index is 0.0374. The van der Waals surface area contributed by atoms with Gasteiger partial charge in [-0.2, -0.15) is 0 Å². The summed E-state index contributed by atoms with van der Waals surface area (Å²) in [5.74, 6) is 0.0374. The first-order chi connectivity index (χ1) is 6.77. The van der Waals surface area contributed by atoms with E-state index in [9.17, 15) is 4.79 Å². The van der Waals surface area contributed by atoms with Crippen LogP contribution in [0, 0.1) is 0 Å². The second-order valence-corrected chi connectivity index (χ2v) is 3.04. The maximum Gasteiger partial charge on any atom is 0.224 e. The van der Waals surface area contributed by atoms with Crippen molar-refractivity contribution in [3.8, 4) is 0 Å². The number of rotatable bonds is 4. The lowest BCUT2D eigenvalue weighted by Gasteiger charge is -2.09. The average molecular weight is 192 g/mol. The van der Waals surface area contributed by atoms with Gasteiger partial charge in [-0.05, 0) is 18.6 Å². The van der Waals surface area contributed by atoms with Gasteiger partial charge in [0, 0.05) is 19.3 Å². The lowest BCUT2D eigenvalue weighted by molar-refractivity contribution is -0.119. The van der Waals surface area contributed by atoms with Gasteiger partial charge < -0.3 is 10.6 Å². The van der Waals surface area contributed by atoms with E-state index in [1.54, 1.807) is 7.05 Å². The zero-order chi connectivity index (χ0) is 10.4. The summed E-state index contributed by atoms with van der Waals surface area (Å²) >= 11 is 0. The molecule has 0 aliphatic heterocycles. The predicted molar refractivity (Wildman–Crippen MR) is 58.4 cm³/mol. The van der Waals surface area contributed by atoms with E-state index in [0.717, 1.165) is 17.8 Å². The van der Waals surface area contributed by atoms with Gasteiger partial charge in [-0.1, -0.05) is 18.2 Å². The molecule has 76 valence electrons. The van der Waals surface area contributed by atoms with Gasteiger partial charge in [0.1, 0.15) is 0 Å². The number of nitrogens with one attached hydrogen (secondary N) is 2. The van der Waals surface area contributed by atoms with Crippen LogP contribution in [-0.4, -0.2) is 19.5 Å². The van der Waals surface area contributed by atoms with E-state index in [-0.39, 0.29) is 5.91 Å². The predicted octanol–water partition coefficient (Wildman–Crippen LogP) is 1.41. The van der Waals surface area contributed by atoms with Gasteiger partial charge in [0.05, 0.1) is 6.42 Å². The van der Waals surface area contributed by atoms with Crippen molar-refractivity contribution < 1.29 is 4.79 Å². The van der Waals surface area contributed by atoms with Gasteiger partial charge in [0.25, 0.3) is 0 Å². The van der Waals surface area contributed by atoms with Gasteiger partial charge in [-0.3, -0.25) is 4.79 Å². The second kappa shape index (κ2) is 5.27. The van der Waals surface area contributed by atoms with Crippen LogP contribution in [0.3, 0.4) is 0 Å². The molecule has 0 saturated heterocycles. The fraction of sp³-hybridized carbons (Fsp3) is 0.364. The van der Waals surface area contributed by atoms with Crippen molar-refractivity contribution >= 4 is 11.6 Å². The Bertz CT molecular complexity index is 310. The number of anilines is 1. The molecule has 0 fully saturated rings. The van der Waals surface area contributed by atoms with Crippen molar-refractivity contribution in [1.29, 1.82) is 0 Å². The van der Waals surface area contributed by atoms with Crippen LogP contribution in [0.5, 0.6) is 0 Å². The molecule has 0 unspecified atom stereocenters. The maximum atomic E-state index is 11.2. The Morgan fingerprint density at radius 1 is 1.36 bits per heavy atom. The molecule has 0 bridgehead atoms. The van der Waals surface area contributed by atoms with Crippen molar-refractivity contribution in [3.05, 3.63) is 29.8 Å². The van der Waals surface area contributed by atoms with Gasteiger partial charge in [-0.15, -0.1) is 0 Å². The zero-order valence-electron chi connectivity index (χ0n) is 8.63. The Balaban J connectivity index is 2.78. The molecule has 0 saturated carbocycles. The molecule has 2 N–H and O–H groups in total. The highest BCUT2D eigenvalue weighted by Gasteiger charge is 2.04. The summed E-state index contributed by atoms with van der Waals surface area (Å²) in [5, 5.41) is 5.84. The Kier molecular flexibility index (Phi) is 3.98. The molecule has 0 heterocycles. The van der Waals surface area contributed by atoms with Crippen molar-refractivity contribution in [1.82, 2.24) is 5.32 Å². The summed E-state index contributed by atoms with van der Waals surface area (Å²) in [7, 11) is 1.65. The second-order valence-electron chi connectivity index (χ2n) is 3.04. The standard InChI is InChI=1S/C11H16N2O/c1-3-13-10-7-5-4-6-9(10)8-11(14)12-2/h4-7,13H,3,8H2,1-2H3,(H,12,14). The average Bonchev–Trinajstić information content (AvgIpc) is 2.21. The normalized spacial score (nSPS) is 9.57. The van der Waals surface area contributed by atoms with E-state index in [1.807, 2.05) is 31.2 Å². The third-order valence-electron chi connectivity index (χ3n) is 2.01. The van der Waals surface area contributed by atoms with Crippen LogP contribution in [-0.2, 0) is 11.2 Å². The van der Waals surface area contributed by atoms with Gasteiger partial charge in [0.15, 0.2) is 0 Å². The molecular weight excluding hydrogens is 176 g/mol. The summed E-state index contributed by atoms with van der Waals surface area (Å²) in [4.78, 5) is 11.2. The Hall–Kier alpha value is -1.51. The zero-order valence-corrected chi connectivity index (χ0v) is 8.63. The molecule has 1 aromatic rings. The molecule has 1 rings (SSSR count). The highest BCUT2D eigenvalue weighted by molar-refractivity contribution is 5.80. The highest BCUT2D eigenvalue weighted by Crippen LogP contribution is 2.14. The molecule has 0 aliphatic rings. The maximum absolute atomic E-state index is 11.2. The first-order valence-corrected chi connectivity index (χ1v) is 4.80. The van der Waals surface area contributed by atoms with Crippen molar-refractivity contribution in [2.45, 2.75) is 13.3 Å². The molecule has 1 amide bonds. The number of benzene rings is 1. The number of carbonyl (C=O) groups excluding carboxylic acids is 1. The molecule has 3 heteroatoms. The van der Waals surface area contributed by atoms with Crippen molar-refractivity contribution in [2.75, 3.05) is 18.9 Å². The summed E-state index contributed by atoms with van der Waals surface area (Å²) in [6, 6.07) is 7.86. The van der Waals surface area contributed by atoms with Gasteiger partial charge in [0.2, 0.25) is 5.91 Å². The fourth-order valence-corrected chi connectivity index (χ4v) is 1.30. The summed E-state index contributed by atoms with van der Waals surface area (Å²) < 4.78 is 0. The lowest BCUT2D eigenvalue weighted by Crippen LogP contribution is -2.20. The number of likely N-dealkylation sites (N-methyl/N-ethyl adjacent to an activating group) is 1. The number of para-hydroxylation sites is 1. The molecule has 1 aromatic carbocycles. The van der Waals surface area contributed by atoms with Gasteiger partial charge >= 0.3 is 0 Å². The number of hydrogen-bond acceptors (Lipinski definition) is 2. The molecule has 0 aliphatic carbocycles. The van der Waals surface area contributed by atoms with Crippen LogP contribution >= 0.6 is 0 Å². The van der Waals surface area contributed by atoms with E-state index < -0.39 is 0 Å². The molecule has 3 nitrogen and oxygen atoms in total. The number of carbonyl (C=O) groups is 1. The minimum absolute atomic E-state index is 0.0374. The molecule has 0 atom stereocenters. The van der Waals surface area contributed by atoms with Crippen molar-refractivity contribution in [2.24, 2.45) is 0 Å². The monoisotopic (exact) mass is 192 g/mol. The van der Waals surface area contributed by atoms with Crippen molar-refractivity contribution in [3.63, 3.8) is 0 Å². The largest absolute Gasteiger partial charge is 0.385 e. The van der Waals surface area contributed by atoms with Crippen LogP contribution in [0.2, 0.25) is 0 Å². The summed E-state index contributed by atoms with van der Waals surface area (Å²) in [6.07, 6.45) is 0.430. The van der Waals surface area contributed by atoms with E-state index in [2.05, 4.69) is 10.6 Å². The topological polar surface area (TPSA) is 41.1 Å². The Labute approximate surface area is 84.5 Å². The number of amides is 1. The minimum Gasteiger partial charge on any atom is -0.385 e. The van der Waals surface area contributed by atoms with Crippen LogP contribution in [0.25, 0.3) is 0 Å². The van der Waals surface area contributed by atoms with E-state index in [1.165, 1.54) is 0 Å². The molecule has 0 radical (unpaired) electrons.